The van der Waals surface area contributed by atoms with E-state index in [0.29, 0.717) is 6.54 Å². The van der Waals surface area contributed by atoms with Crippen molar-refractivity contribution in [2.75, 3.05) is 36.2 Å². The molecule has 2 rings (SSSR count). The maximum absolute atomic E-state index is 11.6. The monoisotopic (exact) mass is 418 g/mol. The molecule has 0 aliphatic rings. The lowest BCUT2D eigenvalue weighted by atomic mass is 10.3. The van der Waals surface area contributed by atoms with Crippen molar-refractivity contribution in [1.29, 1.82) is 0 Å². The molecule has 27 heavy (non-hydrogen) atoms. The zero-order valence-corrected chi connectivity index (χ0v) is 16.2. The van der Waals surface area contributed by atoms with Crippen molar-refractivity contribution in [2.24, 2.45) is 0 Å². The van der Waals surface area contributed by atoms with Crippen LogP contribution in [0.3, 0.4) is 0 Å². The van der Waals surface area contributed by atoms with Crippen LogP contribution < -0.4 is 15.5 Å². The second kappa shape index (κ2) is 7.59. The molecule has 0 aliphatic carbocycles. The summed E-state index contributed by atoms with van der Waals surface area (Å²) in [6.07, 6.45) is 0. The third-order valence-corrected chi connectivity index (χ3v) is 4.89. The average Bonchev–Trinajstić information content (AvgIpc) is 2.53. The summed E-state index contributed by atoms with van der Waals surface area (Å²) >= 11 is 0. The summed E-state index contributed by atoms with van der Waals surface area (Å²) in [7, 11) is -5.95. The van der Waals surface area contributed by atoms with E-state index >= 15 is 0 Å². The number of aromatic nitrogens is 3. The minimum Gasteiger partial charge on any atom is -0.354 e. The molecule has 0 unspecified atom stereocenters. The van der Waals surface area contributed by atoms with Gasteiger partial charge in [-0.25, -0.2) is 0 Å². The van der Waals surface area contributed by atoms with Gasteiger partial charge >= 0.3 is 0 Å². The highest BCUT2D eigenvalue weighted by molar-refractivity contribution is 7.86. The molecule has 4 N–H and O–H groups in total. The molecule has 1 aromatic carbocycles. The molecule has 2 aromatic rings. The first kappa shape index (κ1) is 20.8. The number of nitrogens with one attached hydrogen (secondary N) is 2. The van der Waals surface area contributed by atoms with Gasteiger partial charge in [0.1, 0.15) is 4.90 Å². The van der Waals surface area contributed by atoms with Gasteiger partial charge in [0.2, 0.25) is 17.8 Å². The number of anilines is 4. The summed E-state index contributed by atoms with van der Waals surface area (Å²) in [6, 6.07) is 2.51. The van der Waals surface area contributed by atoms with Gasteiger partial charge in [0, 0.05) is 20.6 Å². The van der Waals surface area contributed by atoms with E-state index in [0.717, 1.165) is 18.2 Å². The largest absolute Gasteiger partial charge is 0.354 e. The topological polar surface area (TPSA) is 175 Å². The second-order valence-corrected chi connectivity index (χ2v) is 8.25. The maximum atomic E-state index is 11.6. The molecule has 1 heterocycles. The van der Waals surface area contributed by atoms with Gasteiger partial charge in [-0.15, -0.1) is 0 Å². The molecule has 12 nitrogen and oxygen atoms in total. The molecule has 148 valence electrons. The fourth-order valence-electron chi connectivity index (χ4n) is 1.97. The first-order chi connectivity index (χ1) is 12.4. The van der Waals surface area contributed by atoms with Crippen molar-refractivity contribution >= 4 is 43.8 Å². The third-order valence-electron chi connectivity index (χ3n) is 3.13. The fraction of sp³-hybridized carbons (Fsp3) is 0.308. The zero-order chi connectivity index (χ0) is 20.4. The van der Waals surface area contributed by atoms with Crippen LogP contribution in [0, 0.1) is 0 Å². The van der Waals surface area contributed by atoms with Crippen LogP contribution in [0.25, 0.3) is 0 Å². The van der Waals surface area contributed by atoms with Gasteiger partial charge in [-0.05, 0) is 25.1 Å². The lowest BCUT2D eigenvalue weighted by molar-refractivity contribution is 0.479. The second-order valence-electron chi connectivity index (χ2n) is 5.44. The Kier molecular flexibility index (Phi) is 5.84. The van der Waals surface area contributed by atoms with E-state index in [1.165, 1.54) is 0 Å². The first-order valence-corrected chi connectivity index (χ1v) is 10.3. The highest BCUT2D eigenvalue weighted by Crippen LogP contribution is 2.27. The van der Waals surface area contributed by atoms with Crippen LogP contribution in [0.5, 0.6) is 0 Å². The Hall–Kier alpha value is -2.55. The Morgan fingerprint density at radius 2 is 1.63 bits per heavy atom. The smallest absolute Gasteiger partial charge is 0.296 e. The van der Waals surface area contributed by atoms with E-state index in [1.807, 2.05) is 6.92 Å². The standard InChI is InChI=1S/C13H18N6O6S2/c1-4-14-11-16-12(18-13(17-11)19(2)3)15-9-7-8(26(20,21)22)5-6-10(9)27(23,24)25/h5-7H,4H2,1-3H3,(H,20,21,22)(H,23,24,25)(H2,14,15,16,17,18). The van der Waals surface area contributed by atoms with Crippen LogP contribution in [0.4, 0.5) is 23.5 Å². The van der Waals surface area contributed by atoms with Gasteiger partial charge in [-0.2, -0.15) is 31.8 Å². The molecule has 0 saturated heterocycles. The van der Waals surface area contributed by atoms with Crippen LogP contribution in [-0.2, 0) is 20.2 Å². The van der Waals surface area contributed by atoms with Crippen molar-refractivity contribution in [1.82, 2.24) is 15.0 Å². The number of hydrogen-bond donors (Lipinski definition) is 4. The summed E-state index contributed by atoms with van der Waals surface area (Å²) in [4.78, 5) is 12.7. The molecule has 0 aliphatic heterocycles. The molecule has 0 atom stereocenters. The van der Waals surface area contributed by atoms with Gasteiger partial charge in [-0.1, -0.05) is 0 Å². The van der Waals surface area contributed by atoms with E-state index in [9.17, 15) is 25.9 Å². The van der Waals surface area contributed by atoms with E-state index < -0.39 is 30.0 Å². The molecule has 1 aromatic heterocycles. The Morgan fingerprint density at radius 1 is 1.00 bits per heavy atom. The van der Waals surface area contributed by atoms with Crippen molar-refractivity contribution in [3.05, 3.63) is 18.2 Å². The Labute approximate surface area is 156 Å². The number of rotatable bonds is 7. The number of nitrogens with zero attached hydrogens (tertiary/aromatic N) is 4. The summed E-state index contributed by atoms with van der Waals surface area (Å²) in [5.41, 5.74) is -0.342. The van der Waals surface area contributed by atoms with E-state index in [4.69, 9.17) is 0 Å². The minimum absolute atomic E-state index is 0.109. The van der Waals surface area contributed by atoms with Gasteiger partial charge in [0.25, 0.3) is 20.2 Å². The van der Waals surface area contributed by atoms with Gasteiger partial charge < -0.3 is 15.5 Å². The average molecular weight is 418 g/mol. The van der Waals surface area contributed by atoms with Crippen LogP contribution in [-0.4, -0.2) is 61.5 Å². The van der Waals surface area contributed by atoms with Crippen molar-refractivity contribution in [3.8, 4) is 0 Å². The van der Waals surface area contributed by atoms with E-state index in [2.05, 4.69) is 25.6 Å². The fourth-order valence-corrected chi connectivity index (χ4v) is 3.11. The molecule has 0 bridgehead atoms. The minimum atomic E-state index is -4.70. The Balaban J connectivity index is 2.61. The van der Waals surface area contributed by atoms with Crippen LogP contribution >= 0.6 is 0 Å². The summed E-state index contributed by atoms with van der Waals surface area (Å²) in [5.74, 6) is 0.322. The predicted octanol–water partition coefficient (Wildman–Crippen LogP) is 0.606. The van der Waals surface area contributed by atoms with Crippen molar-refractivity contribution < 1.29 is 25.9 Å². The van der Waals surface area contributed by atoms with Crippen LogP contribution in [0.2, 0.25) is 0 Å². The van der Waals surface area contributed by atoms with Crippen LogP contribution in [0.1, 0.15) is 6.92 Å². The zero-order valence-electron chi connectivity index (χ0n) is 14.6. The van der Waals surface area contributed by atoms with Gasteiger partial charge in [-0.3, -0.25) is 9.11 Å². The number of hydrogen-bond acceptors (Lipinski definition) is 10. The van der Waals surface area contributed by atoms with E-state index in [-0.39, 0.29) is 23.5 Å². The quantitative estimate of drug-likeness (QED) is 0.462. The van der Waals surface area contributed by atoms with E-state index in [1.54, 1.807) is 19.0 Å². The first-order valence-electron chi connectivity index (χ1n) is 7.45. The lowest BCUT2D eigenvalue weighted by Crippen LogP contribution is -2.17. The van der Waals surface area contributed by atoms with Gasteiger partial charge in [0.15, 0.2) is 0 Å². The molecule has 0 radical (unpaired) electrons. The summed E-state index contributed by atoms with van der Waals surface area (Å²) in [5, 5.41) is 5.42. The molecule has 0 amide bonds. The predicted molar refractivity (Wildman–Crippen MR) is 97.7 cm³/mol. The molecule has 14 heteroatoms. The lowest BCUT2D eigenvalue weighted by Gasteiger charge is -2.15. The molecule has 0 saturated carbocycles. The third kappa shape index (κ3) is 5.22. The Bertz CT molecular complexity index is 1050. The summed E-state index contributed by atoms with van der Waals surface area (Å²) < 4.78 is 64.4. The molecular formula is C13H18N6O6S2. The van der Waals surface area contributed by atoms with Gasteiger partial charge in [0.05, 0.1) is 10.6 Å². The Morgan fingerprint density at radius 3 is 2.15 bits per heavy atom. The summed E-state index contributed by atoms with van der Waals surface area (Å²) in [6.45, 7) is 2.32. The highest BCUT2D eigenvalue weighted by atomic mass is 32.2. The molecule has 0 fully saturated rings. The SMILES string of the molecule is CCNc1nc(Nc2cc(S(=O)(=O)O)ccc2S(=O)(=O)O)nc(N(C)C)n1. The van der Waals surface area contributed by atoms with Crippen molar-refractivity contribution in [2.45, 2.75) is 16.7 Å². The molecule has 0 spiro atoms. The molecular weight excluding hydrogens is 400 g/mol. The van der Waals surface area contributed by atoms with Crippen LogP contribution in [0.15, 0.2) is 28.0 Å². The van der Waals surface area contributed by atoms with Crippen molar-refractivity contribution in [3.63, 3.8) is 0 Å². The normalized spacial score (nSPS) is 11.9. The maximum Gasteiger partial charge on any atom is 0.296 e. The number of benzene rings is 1. The highest BCUT2D eigenvalue weighted by Gasteiger charge is 2.21.